The molecular weight excluding hydrogens is 342 g/mol. The van der Waals surface area contributed by atoms with Crippen LogP contribution in [-0.2, 0) is 5.41 Å². The topological polar surface area (TPSA) is 26.0 Å². The van der Waals surface area contributed by atoms with Gasteiger partial charge in [0.15, 0.2) is 0 Å². The Labute approximate surface area is 163 Å². The van der Waals surface area contributed by atoms with Gasteiger partial charge in [-0.1, -0.05) is 68.4 Å². The molecule has 0 radical (unpaired) electrons. The minimum Gasteiger partial charge on any atom is -0.456 e. The molecule has 0 N–H and O–H groups in total. The molecule has 2 heterocycles. The summed E-state index contributed by atoms with van der Waals surface area (Å²) in [5.74, 6) is 0. The summed E-state index contributed by atoms with van der Waals surface area (Å²) in [7, 11) is 0. The lowest BCUT2D eigenvalue weighted by Gasteiger charge is -2.21. The van der Waals surface area contributed by atoms with Crippen molar-refractivity contribution in [2.24, 2.45) is 0 Å². The Kier molecular flexibility index (Phi) is 2.98. The Bertz CT molecular complexity index is 1380. The molecule has 1 aliphatic carbocycles. The Morgan fingerprint density at radius 2 is 1.57 bits per heavy atom. The molecule has 2 aromatic heterocycles. The highest BCUT2D eigenvalue weighted by molar-refractivity contribution is 6.15. The van der Waals surface area contributed by atoms with Gasteiger partial charge in [0.1, 0.15) is 11.2 Å². The molecule has 0 saturated heterocycles. The van der Waals surface area contributed by atoms with Gasteiger partial charge in [0.2, 0.25) is 0 Å². The van der Waals surface area contributed by atoms with E-state index < -0.39 is 0 Å². The summed E-state index contributed by atoms with van der Waals surface area (Å²) in [6.07, 6.45) is 2.06. The van der Waals surface area contributed by atoms with Gasteiger partial charge >= 0.3 is 0 Å². The van der Waals surface area contributed by atoms with Crippen molar-refractivity contribution in [1.82, 2.24) is 4.98 Å². The molecular formula is C26H19NO. The van der Waals surface area contributed by atoms with Gasteiger partial charge in [0, 0.05) is 27.9 Å². The molecule has 2 heteroatoms. The van der Waals surface area contributed by atoms with Gasteiger partial charge in [-0.3, -0.25) is 4.98 Å². The minimum absolute atomic E-state index is 0.0839. The molecule has 134 valence electrons. The van der Waals surface area contributed by atoms with Gasteiger partial charge in [-0.05, 0) is 40.5 Å². The van der Waals surface area contributed by atoms with E-state index in [1.54, 1.807) is 0 Å². The first kappa shape index (κ1) is 15.6. The maximum absolute atomic E-state index is 6.16. The maximum atomic E-state index is 6.16. The fourth-order valence-corrected chi connectivity index (χ4v) is 4.69. The molecule has 3 aromatic carbocycles. The summed E-state index contributed by atoms with van der Waals surface area (Å²) in [6.45, 7) is 4.57. The van der Waals surface area contributed by atoms with Crippen LogP contribution in [0.4, 0.5) is 0 Å². The Hall–Kier alpha value is -3.39. The predicted molar refractivity (Wildman–Crippen MR) is 115 cm³/mol. The van der Waals surface area contributed by atoms with E-state index in [0.29, 0.717) is 0 Å². The number of benzene rings is 3. The summed E-state index contributed by atoms with van der Waals surface area (Å²) in [5.41, 5.74) is 9.13. The van der Waals surface area contributed by atoms with Crippen molar-refractivity contribution in [2.45, 2.75) is 19.3 Å². The number of nitrogens with zero attached hydrogens (tertiary/aromatic N) is 1. The third kappa shape index (κ3) is 1.95. The van der Waals surface area contributed by atoms with Gasteiger partial charge < -0.3 is 4.42 Å². The van der Waals surface area contributed by atoms with Gasteiger partial charge in [-0.15, -0.1) is 0 Å². The molecule has 0 amide bonds. The van der Waals surface area contributed by atoms with Crippen molar-refractivity contribution in [1.29, 1.82) is 0 Å². The van der Waals surface area contributed by atoms with Crippen LogP contribution in [-0.4, -0.2) is 4.98 Å². The Balaban J connectivity index is 1.74. The second-order valence-electron chi connectivity index (χ2n) is 8.07. The highest BCUT2D eigenvalue weighted by Gasteiger charge is 2.38. The molecule has 0 saturated carbocycles. The average molecular weight is 361 g/mol. The molecule has 0 unspecified atom stereocenters. The van der Waals surface area contributed by atoms with E-state index in [4.69, 9.17) is 9.40 Å². The molecule has 6 rings (SSSR count). The number of para-hydroxylation sites is 1. The normalized spacial score (nSPS) is 14.4. The number of hydrogen-bond donors (Lipinski definition) is 0. The second kappa shape index (κ2) is 5.32. The van der Waals surface area contributed by atoms with E-state index in [1.165, 1.54) is 33.0 Å². The van der Waals surface area contributed by atoms with E-state index in [1.807, 2.05) is 18.2 Å². The lowest BCUT2D eigenvalue weighted by molar-refractivity contribution is 0.654. The fourth-order valence-electron chi connectivity index (χ4n) is 4.69. The van der Waals surface area contributed by atoms with Crippen molar-refractivity contribution >= 4 is 21.9 Å². The molecule has 0 atom stereocenters. The molecule has 0 spiro atoms. The third-order valence-corrected chi connectivity index (χ3v) is 6.13. The van der Waals surface area contributed by atoms with Crippen LogP contribution in [0.15, 0.2) is 83.4 Å². The Morgan fingerprint density at radius 1 is 0.786 bits per heavy atom. The first-order valence-electron chi connectivity index (χ1n) is 9.65. The molecule has 2 nitrogen and oxygen atoms in total. The van der Waals surface area contributed by atoms with E-state index in [0.717, 1.165) is 22.4 Å². The Morgan fingerprint density at radius 3 is 2.43 bits per heavy atom. The number of aromatic nitrogens is 1. The van der Waals surface area contributed by atoms with E-state index >= 15 is 0 Å². The molecule has 0 aliphatic heterocycles. The van der Waals surface area contributed by atoms with Crippen LogP contribution in [0.1, 0.15) is 25.0 Å². The molecule has 0 bridgehead atoms. The first-order chi connectivity index (χ1) is 13.6. The largest absolute Gasteiger partial charge is 0.456 e. The lowest BCUT2D eigenvalue weighted by atomic mass is 9.83. The summed E-state index contributed by atoms with van der Waals surface area (Å²) in [5, 5.41) is 2.39. The number of hydrogen-bond acceptors (Lipinski definition) is 2. The van der Waals surface area contributed by atoms with Crippen LogP contribution >= 0.6 is 0 Å². The zero-order chi connectivity index (χ0) is 18.9. The van der Waals surface area contributed by atoms with Crippen LogP contribution in [0.3, 0.4) is 0 Å². The van der Waals surface area contributed by atoms with E-state index in [9.17, 15) is 0 Å². The minimum atomic E-state index is -0.0839. The van der Waals surface area contributed by atoms with Crippen molar-refractivity contribution < 1.29 is 4.42 Å². The second-order valence-corrected chi connectivity index (χ2v) is 8.07. The predicted octanol–water partition coefficient (Wildman–Crippen LogP) is 6.95. The van der Waals surface area contributed by atoms with Crippen molar-refractivity contribution in [3.63, 3.8) is 0 Å². The van der Waals surface area contributed by atoms with Gasteiger partial charge in [0.05, 0.1) is 5.69 Å². The molecule has 28 heavy (non-hydrogen) atoms. The quantitative estimate of drug-likeness (QED) is 0.323. The third-order valence-electron chi connectivity index (χ3n) is 6.13. The molecule has 1 aliphatic rings. The summed E-state index contributed by atoms with van der Waals surface area (Å²) < 4.78 is 6.16. The van der Waals surface area contributed by atoms with E-state index in [-0.39, 0.29) is 5.41 Å². The van der Waals surface area contributed by atoms with Crippen LogP contribution in [0.25, 0.3) is 44.3 Å². The van der Waals surface area contributed by atoms with Crippen molar-refractivity contribution in [2.75, 3.05) is 0 Å². The number of pyridine rings is 1. The van der Waals surface area contributed by atoms with Crippen molar-refractivity contribution in [3.05, 3.63) is 90.1 Å². The highest BCUT2D eigenvalue weighted by Crippen LogP contribution is 2.53. The monoisotopic (exact) mass is 361 g/mol. The molecule has 5 aromatic rings. The van der Waals surface area contributed by atoms with Gasteiger partial charge in [0.25, 0.3) is 0 Å². The van der Waals surface area contributed by atoms with Crippen molar-refractivity contribution in [3.8, 4) is 22.4 Å². The van der Waals surface area contributed by atoms with Crippen LogP contribution < -0.4 is 0 Å². The lowest BCUT2D eigenvalue weighted by Crippen LogP contribution is -2.15. The maximum Gasteiger partial charge on any atom is 0.136 e. The number of rotatable bonds is 1. The number of furan rings is 1. The van der Waals surface area contributed by atoms with Crippen LogP contribution in [0.2, 0.25) is 0 Å². The van der Waals surface area contributed by atoms with Crippen LogP contribution in [0.5, 0.6) is 0 Å². The highest BCUT2D eigenvalue weighted by atomic mass is 16.3. The standard InChI is InChI=1S/C26H19NO/c1-26(2)19-12-13-23-25(17-10-6-7-11-22(17)28-23)24(19)18-14-21(27-15-20(18)26)16-8-4-3-5-9-16/h3-15H,1-2H3. The smallest absolute Gasteiger partial charge is 0.136 e. The van der Waals surface area contributed by atoms with Gasteiger partial charge in [-0.25, -0.2) is 0 Å². The first-order valence-corrected chi connectivity index (χ1v) is 9.65. The zero-order valence-electron chi connectivity index (χ0n) is 15.9. The number of fused-ring (bicyclic) bond motifs is 7. The summed E-state index contributed by atoms with van der Waals surface area (Å²) in [6, 6.07) is 25.3. The van der Waals surface area contributed by atoms with Gasteiger partial charge in [-0.2, -0.15) is 0 Å². The molecule has 0 fully saturated rings. The summed E-state index contributed by atoms with van der Waals surface area (Å²) >= 11 is 0. The van der Waals surface area contributed by atoms with Crippen LogP contribution in [0, 0.1) is 0 Å². The average Bonchev–Trinajstić information content (AvgIpc) is 3.21. The summed E-state index contributed by atoms with van der Waals surface area (Å²) in [4.78, 5) is 4.81. The SMILES string of the molecule is CC1(C)c2cnc(-c3ccccc3)cc2-c2c1ccc1oc3ccccc3c21. The van der Waals surface area contributed by atoms with E-state index in [2.05, 4.69) is 74.6 Å². The zero-order valence-corrected chi connectivity index (χ0v) is 15.9. The fraction of sp³-hybridized carbons (Fsp3) is 0.115.